The molecule has 0 fully saturated rings. The van der Waals surface area contributed by atoms with Crippen molar-refractivity contribution in [1.29, 1.82) is 0 Å². The summed E-state index contributed by atoms with van der Waals surface area (Å²) >= 11 is 1.77. The van der Waals surface area contributed by atoms with Crippen LogP contribution in [0, 0.1) is 0 Å². The highest BCUT2D eigenvalue weighted by molar-refractivity contribution is 7.99. The molecule has 0 bridgehead atoms. The normalized spacial score (nSPS) is 14.8. The summed E-state index contributed by atoms with van der Waals surface area (Å²) in [6, 6.07) is 0. The van der Waals surface area contributed by atoms with Crippen molar-refractivity contribution < 1.29 is 4.74 Å². The lowest BCUT2D eigenvalue weighted by molar-refractivity contribution is 0.392. The molecule has 4 nitrogen and oxygen atoms in total. The van der Waals surface area contributed by atoms with E-state index in [1.807, 2.05) is 0 Å². The predicted octanol–water partition coefficient (Wildman–Crippen LogP) is 1.00. The van der Waals surface area contributed by atoms with E-state index in [9.17, 15) is 0 Å². The summed E-state index contributed by atoms with van der Waals surface area (Å²) in [6.45, 7) is 0.958. The number of nitrogens with one attached hydrogen (secondary N) is 1. The molecular weight excluding hydrogens is 174 g/mol. The molecule has 2 rings (SSSR count). The van der Waals surface area contributed by atoms with Crippen molar-refractivity contribution >= 4 is 17.4 Å². The first-order chi connectivity index (χ1) is 5.92. The molecule has 0 radical (unpaired) electrons. The van der Waals surface area contributed by atoms with Crippen LogP contribution in [0.25, 0.3) is 0 Å². The highest BCUT2D eigenvalue weighted by Gasteiger charge is 2.14. The summed E-state index contributed by atoms with van der Waals surface area (Å²) in [5.41, 5.74) is 0.976. The Kier molecular flexibility index (Phi) is 2.03. The fourth-order valence-corrected chi connectivity index (χ4v) is 1.96. The first kappa shape index (κ1) is 7.67. The Labute approximate surface area is 74.7 Å². The molecule has 0 saturated heterocycles. The van der Waals surface area contributed by atoms with Gasteiger partial charge < -0.3 is 10.1 Å². The Morgan fingerprint density at radius 1 is 1.67 bits per heavy atom. The van der Waals surface area contributed by atoms with E-state index in [0.29, 0.717) is 5.88 Å². The van der Waals surface area contributed by atoms with Crippen LogP contribution in [0.5, 0.6) is 5.88 Å². The smallest absolute Gasteiger partial charge is 0.257 e. The monoisotopic (exact) mass is 183 g/mol. The molecule has 0 aromatic carbocycles. The number of fused-ring (bicyclic) bond motifs is 1. The summed E-state index contributed by atoms with van der Waals surface area (Å²) in [7, 11) is 1.60. The molecule has 1 aliphatic heterocycles. The van der Waals surface area contributed by atoms with E-state index in [1.54, 1.807) is 25.1 Å². The van der Waals surface area contributed by atoms with Gasteiger partial charge in [-0.2, -0.15) is 5.10 Å². The SMILES string of the molecule is COc1nncc2c1NCCS2. The van der Waals surface area contributed by atoms with E-state index in [4.69, 9.17) is 4.74 Å². The van der Waals surface area contributed by atoms with E-state index in [-0.39, 0.29) is 0 Å². The van der Waals surface area contributed by atoms with Crippen LogP contribution in [0.1, 0.15) is 0 Å². The molecule has 1 aromatic heterocycles. The summed E-state index contributed by atoms with van der Waals surface area (Å²) in [5.74, 6) is 1.65. The van der Waals surface area contributed by atoms with Crippen LogP contribution in [0.2, 0.25) is 0 Å². The third-order valence-corrected chi connectivity index (χ3v) is 2.67. The van der Waals surface area contributed by atoms with Crippen LogP contribution in [0.4, 0.5) is 5.69 Å². The third-order valence-electron chi connectivity index (χ3n) is 1.64. The molecule has 1 aromatic rings. The molecule has 64 valence electrons. The second-order valence-corrected chi connectivity index (χ2v) is 3.51. The average Bonchev–Trinajstić information content (AvgIpc) is 2.17. The molecule has 1 aliphatic rings. The molecule has 0 amide bonds. The minimum Gasteiger partial charge on any atom is -0.478 e. The summed E-state index contributed by atoms with van der Waals surface area (Å²) in [5, 5.41) is 10.9. The molecular formula is C7H9N3OS. The van der Waals surface area contributed by atoms with Crippen molar-refractivity contribution in [1.82, 2.24) is 10.2 Å². The van der Waals surface area contributed by atoms with Crippen LogP contribution in [0.15, 0.2) is 11.1 Å². The van der Waals surface area contributed by atoms with Crippen molar-refractivity contribution in [3.8, 4) is 5.88 Å². The van der Waals surface area contributed by atoms with Gasteiger partial charge in [-0.1, -0.05) is 0 Å². The molecule has 0 unspecified atom stereocenters. The summed E-state index contributed by atoms with van der Waals surface area (Å²) in [4.78, 5) is 1.12. The van der Waals surface area contributed by atoms with E-state index in [2.05, 4.69) is 15.5 Å². The Morgan fingerprint density at radius 3 is 3.42 bits per heavy atom. The van der Waals surface area contributed by atoms with Gasteiger partial charge in [-0.25, -0.2) is 0 Å². The first-order valence-corrected chi connectivity index (χ1v) is 4.66. The standard InChI is InChI=1S/C7H9N3OS/c1-11-7-6-5(4-9-10-7)12-3-2-8-6/h4,8H,2-3H2,1H3. The van der Waals surface area contributed by atoms with Gasteiger partial charge in [0.25, 0.3) is 5.88 Å². The van der Waals surface area contributed by atoms with Crippen LogP contribution in [0.3, 0.4) is 0 Å². The van der Waals surface area contributed by atoms with Gasteiger partial charge in [0.1, 0.15) is 5.69 Å². The highest BCUT2D eigenvalue weighted by atomic mass is 32.2. The van der Waals surface area contributed by atoms with Crippen LogP contribution in [-0.2, 0) is 0 Å². The zero-order chi connectivity index (χ0) is 8.39. The third kappa shape index (κ3) is 1.20. The number of thioether (sulfide) groups is 1. The highest BCUT2D eigenvalue weighted by Crippen LogP contribution is 2.35. The number of nitrogens with zero attached hydrogens (tertiary/aromatic N) is 2. The number of anilines is 1. The topological polar surface area (TPSA) is 47.0 Å². The summed E-state index contributed by atoms with van der Waals surface area (Å²) in [6.07, 6.45) is 1.76. The molecule has 0 spiro atoms. The fraction of sp³-hybridized carbons (Fsp3) is 0.429. The van der Waals surface area contributed by atoms with Crippen molar-refractivity contribution in [2.75, 3.05) is 24.7 Å². The van der Waals surface area contributed by atoms with Gasteiger partial charge in [-0.15, -0.1) is 16.9 Å². The minimum atomic E-state index is 0.583. The fourth-order valence-electron chi connectivity index (χ4n) is 1.11. The molecule has 12 heavy (non-hydrogen) atoms. The van der Waals surface area contributed by atoms with Crippen molar-refractivity contribution in [3.05, 3.63) is 6.20 Å². The quantitative estimate of drug-likeness (QED) is 0.704. The van der Waals surface area contributed by atoms with Gasteiger partial charge in [-0.05, 0) is 0 Å². The van der Waals surface area contributed by atoms with Gasteiger partial charge in [0.15, 0.2) is 0 Å². The van der Waals surface area contributed by atoms with Crippen molar-refractivity contribution in [2.24, 2.45) is 0 Å². The van der Waals surface area contributed by atoms with Crippen molar-refractivity contribution in [3.63, 3.8) is 0 Å². The van der Waals surface area contributed by atoms with Gasteiger partial charge in [-0.3, -0.25) is 0 Å². The van der Waals surface area contributed by atoms with E-state index in [1.165, 1.54) is 0 Å². The Balaban J connectivity index is 2.44. The molecule has 2 heterocycles. The summed E-state index contributed by atoms with van der Waals surface area (Å²) < 4.78 is 5.06. The van der Waals surface area contributed by atoms with E-state index < -0.39 is 0 Å². The zero-order valence-corrected chi connectivity index (χ0v) is 7.52. The lowest BCUT2D eigenvalue weighted by atomic mass is 10.4. The molecule has 1 N–H and O–H groups in total. The van der Waals surface area contributed by atoms with Gasteiger partial charge in [0, 0.05) is 12.3 Å². The number of hydrogen-bond donors (Lipinski definition) is 1. The second-order valence-electron chi connectivity index (χ2n) is 2.37. The average molecular weight is 183 g/mol. The maximum absolute atomic E-state index is 5.06. The lowest BCUT2D eigenvalue weighted by Gasteiger charge is -2.17. The van der Waals surface area contributed by atoms with Crippen molar-refractivity contribution in [2.45, 2.75) is 4.90 Å². The van der Waals surface area contributed by atoms with E-state index in [0.717, 1.165) is 22.9 Å². The van der Waals surface area contributed by atoms with Crippen LogP contribution < -0.4 is 10.1 Å². The maximum Gasteiger partial charge on any atom is 0.257 e. The Morgan fingerprint density at radius 2 is 2.58 bits per heavy atom. The number of methoxy groups -OCH3 is 1. The predicted molar refractivity (Wildman–Crippen MR) is 47.8 cm³/mol. The number of ether oxygens (including phenoxy) is 1. The Bertz CT molecular complexity index is 278. The molecule has 0 saturated carbocycles. The number of hydrogen-bond acceptors (Lipinski definition) is 5. The minimum absolute atomic E-state index is 0.583. The van der Waals surface area contributed by atoms with Gasteiger partial charge in [0.2, 0.25) is 0 Å². The van der Waals surface area contributed by atoms with Crippen LogP contribution >= 0.6 is 11.8 Å². The largest absolute Gasteiger partial charge is 0.478 e. The second kappa shape index (κ2) is 3.18. The molecule has 0 aliphatic carbocycles. The Hall–Kier alpha value is -0.970. The maximum atomic E-state index is 5.06. The first-order valence-electron chi connectivity index (χ1n) is 3.68. The molecule has 5 heteroatoms. The molecule has 0 atom stereocenters. The number of aromatic nitrogens is 2. The zero-order valence-electron chi connectivity index (χ0n) is 6.70. The number of rotatable bonds is 1. The van der Waals surface area contributed by atoms with Gasteiger partial charge in [0.05, 0.1) is 18.2 Å². The van der Waals surface area contributed by atoms with Crippen LogP contribution in [-0.4, -0.2) is 29.6 Å². The van der Waals surface area contributed by atoms with E-state index >= 15 is 0 Å². The van der Waals surface area contributed by atoms with Gasteiger partial charge >= 0.3 is 0 Å². The lowest BCUT2D eigenvalue weighted by Crippen LogP contribution is -2.12.